The molecule has 3 rings (SSSR count). The van der Waals surface area contributed by atoms with E-state index in [4.69, 9.17) is 0 Å². The van der Waals surface area contributed by atoms with E-state index in [-0.39, 0.29) is 12.1 Å². The van der Waals surface area contributed by atoms with Crippen molar-refractivity contribution >= 4 is 6.03 Å². The Kier molecular flexibility index (Phi) is 3.96. The number of carbonyl (C=O) groups is 1. The maximum Gasteiger partial charge on any atom is 0.317 e. The number of nitrogens with zero attached hydrogens (tertiary/aromatic N) is 1. The summed E-state index contributed by atoms with van der Waals surface area (Å²) in [5, 5.41) is 12.6. The Labute approximate surface area is 115 Å². The van der Waals surface area contributed by atoms with Crippen LogP contribution in [0.15, 0.2) is 0 Å². The smallest absolute Gasteiger partial charge is 0.317 e. The van der Waals surface area contributed by atoms with Crippen molar-refractivity contribution in [2.45, 2.75) is 51.0 Å². The number of nitrogens with one attached hydrogen (secondary N) is 1. The van der Waals surface area contributed by atoms with Crippen molar-refractivity contribution in [1.82, 2.24) is 10.2 Å². The number of fused-ring (bicyclic) bond motifs is 2. The molecule has 4 heteroatoms. The SMILES string of the molecule is O=C(NCCC1CC2CCC1C2)N1CCCC(O)C1. The molecule has 2 amide bonds. The lowest BCUT2D eigenvalue weighted by Gasteiger charge is -2.30. The van der Waals surface area contributed by atoms with Crippen molar-refractivity contribution < 1.29 is 9.90 Å². The van der Waals surface area contributed by atoms with E-state index in [0.29, 0.717) is 6.54 Å². The van der Waals surface area contributed by atoms with E-state index in [1.165, 1.54) is 25.7 Å². The van der Waals surface area contributed by atoms with E-state index in [2.05, 4.69) is 5.32 Å². The second-order valence-corrected chi connectivity index (χ2v) is 6.70. The van der Waals surface area contributed by atoms with Gasteiger partial charge in [0.15, 0.2) is 0 Å². The fraction of sp³-hybridized carbons (Fsp3) is 0.933. The van der Waals surface area contributed by atoms with Crippen LogP contribution in [0.3, 0.4) is 0 Å². The van der Waals surface area contributed by atoms with E-state index < -0.39 is 0 Å². The number of aliphatic hydroxyl groups excluding tert-OH is 1. The van der Waals surface area contributed by atoms with Gasteiger partial charge in [0.1, 0.15) is 0 Å². The molecule has 0 aromatic rings. The number of carbonyl (C=O) groups excluding carboxylic acids is 1. The van der Waals surface area contributed by atoms with Crippen molar-refractivity contribution in [2.24, 2.45) is 17.8 Å². The van der Waals surface area contributed by atoms with Crippen LogP contribution in [0, 0.1) is 17.8 Å². The zero-order valence-electron chi connectivity index (χ0n) is 11.7. The van der Waals surface area contributed by atoms with E-state index in [1.807, 2.05) is 0 Å². The minimum absolute atomic E-state index is 0.0157. The fourth-order valence-electron chi connectivity index (χ4n) is 4.35. The minimum Gasteiger partial charge on any atom is -0.391 e. The van der Waals surface area contributed by atoms with Gasteiger partial charge >= 0.3 is 6.03 Å². The Morgan fingerprint density at radius 2 is 2.16 bits per heavy atom. The number of β-amino-alcohol motifs (C(OH)–C–C–N with tert-alkyl or cyclic N) is 1. The summed E-state index contributed by atoms with van der Waals surface area (Å²) in [5.41, 5.74) is 0. The van der Waals surface area contributed by atoms with Crippen molar-refractivity contribution in [3.63, 3.8) is 0 Å². The van der Waals surface area contributed by atoms with E-state index >= 15 is 0 Å². The summed E-state index contributed by atoms with van der Waals surface area (Å²) in [5.74, 6) is 2.78. The predicted molar refractivity (Wildman–Crippen MR) is 73.8 cm³/mol. The molecule has 3 aliphatic rings. The quantitative estimate of drug-likeness (QED) is 0.820. The maximum absolute atomic E-state index is 12.0. The zero-order valence-corrected chi connectivity index (χ0v) is 11.7. The normalized spacial score (nSPS) is 37.6. The molecule has 2 saturated carbocycles. The monoisotopic (exact) mass is 266 g/mol. The number of aliphatic hydroxyl groups is 1. The van der Waals surface area contributed by atoms with Crippen LogP contribution in [0.4, 0.5) is 4.79 Å². The lowest BCUT2D eigenvalue weighted by atomic mass is 9.86. The number of likely N-dealkylation sites (tertiary alicyclic amines) is 1. The number of amides is 2. The third-order valence-electron chi connectivity index (χ3n) is 5.36. The Bertz CT molecular complexity index is 334. The van der Waals surface area contributed by atoms with Gasteiger partial charge in [-0.25, -0.2) is 4.79 Å². The number of urea groups is 1. The Balaban J connectivity index is 1.36. The molecule has 4 nitrogen and oxygen atoms in total. The highest BCUT2D eigenvalue weighted by atomic mass is 16.3. The van der Waals surface area contributed by atoms with Crippen LogP contribution in [-0.2, 0) is 0 Å². The Morgan fingerprint density at radius 3 is 2.84 bits per heavy atom. The molecule has 2 bridgehead atoms. The molecule has 1 heterocycles. The van der Waals surface area contributed by atoms with Gasteiger partial charge in [0, 0.05) is 19.6 Å². The molecule has 2 aliphatic carbocycles. The second-order valence-electron chi connectivity index (χ2n) is 6.70. The first-order valence-electron chi connectivity index (χ1n) is 7.93. The lowest BCUT2D eigenvalue weighted by molar-refractivity contribution is 0.0841. The van der Waals surface area contributed by atoms with Gasteiger partial charge < -0.3 is 15.3 Å². The topological polar surface area (TPSA) is 52.6 Å². The van der Waals surface area contributed by atoms with Gasteiger partial charge in [-0.1, -0.05) is 6.42 Å². The molecule has 2 N–H and O–H groups in total. The highest BCUT2D eigenvalue weighted by Crippen LogP contribution is 2.49. The molecular formula is C15H26N2O2. The molecule has 19 heavy (non-hydrogen) atoms. The Morgan fingerprint density at radius 1 is 1.26 bits per heavy atom. The lowest BCUT2D eigenvalue weighted by Crippen LogP contribution is -2.47. The molecule has 3 fully saturated rings. The standard InChI is InChI=1S/C15H26N2O2/c18-14-2-1-7-17(10-14)15(19)16-6-5-13-9-11-3-4-12(13)8-11/h11-14,18H,1-10H2,(H,16,19). The number of hydrogen-bond acceptors (Lipinski definition) is 2. The molecule has 1 aliphatic heterocycles. The first kappa shape index (κ1) is 13.2. The minimum atomic E-state index is -0.329. The predicted octanol–water partition coefficient (Wildman–Crippen LogP) is 1.98. The van der Waals surface area contributed by atoms with E-state index in [9.17, 15) is 9.90 Å². The number of piperidine rings is 1. The fourth-order valence-corrected chi connectivity index (χ4v) is 4.35. The highest BCUT2D eigenvalue weighted by molar-refractivity contribution is 5.74. The van der Waals surface area contributed by atoms with E-state index in [0.717, 1.165) is 50.1 Å². The number of rotatable bonds is 3. The summed E-state index contributed by atoms with van der Waals surface area (Å²) in [6.45, 7) is 2.09. The van der Waals surface area contributed by atoms with Crippen molar-refractivity contribution in [1.29, 1.82) is 0 Å². The van der Waals surface area contributed by atoms with Crippen molar-refractivity contribution in [3.8, 4) is 0 Å². The summed E-state index contributed by atoms with van der Waals surface area (Å²) in [6, 6.07) is 0.0157. The van der Waals surface area contributed by atoms with Gasteiger partial charge in [-0.15, -0.1) is 0 Å². The summed E-state index contributed by atoms with van der Waals surface area (Å²) in [7, 11) is 0. The van der Waals surface area contributed by atoms with Crippen LogP contribution in [0.2, 0.25) is 0 Å². The first-order chi connectivity index (χ1) is 9.22. The van der Waals surface area contributed by atoms with Crippen molar-refractivity contribution in [3.05, 3.63) is 0 Å². The molecule has 0 radical (unpaired) electrons. The first-order valence-corrected chi connectivity index (χ1v) is 7.93. The molecule has 4 unspecified atom stereocenters. The van der Waals surface area contributed by atoms with Gasteiger partial charge in [0.2, 0.25) is 0 Å². The van der Waals surface area contributed by atoms with Crippen LogP contribution in [0.1, 0.15) is 44.9 Å². The Hall–Kier alpha value is -0.770. The molecule has 0 spiro atoms. The molecular weight excluding hydrogens is 240 g/mol. The molecule has 0 aromatic carbocycles. The van der Waals surface area contributed by atoms with Crippen LogP contribution < -0.4 is 5.32 Å². The molecule has 4 atom stereocenters. The molecule has 0 aromatic heterocycles. The second kappa shape index (κ2) is 5.70. The van der Waals surface area contributed by atoms with Crippen LogP contribution in [0.5, 0.6) is 0 Å². The summed E-state index contributed by atoms with van der Waals surface area (Å²) >= 11 is 0. The zero-order chi connectivity index (χ0) is 13.2. The van der Waals surface area contributed by atoms with Gasteiger partial charge in [-0.3, -0.25) is 0 Å². The van der Waals surface area contributed by atoms with Crippen LogP contribution in [0.25, 0.3) is 0 Å². The van der Waals surface area contributed by atoms with Gasteiger partial charge in [0.05, 0.1) is 6.10 Å². The highest BCUT2D eigenvalue weighted by Gasteiger charge is 2.38. The van der Waals surface area contributed by atoms with Crippen LogP contribution in [-0.4, -0.2) is 41.8 Å². The summed E-state index contributed by atoms with van der Waals surface area (Å²) in [6.07, 6.45) is 8.25. The number of hydrogen-bond donors (Lipinski definition) is 2. The summed E-state index contributed by atoms with van der Waals surface area (Å²) < 4.78 is 0. The third kappa shape index (κ3) is 3.04. The van der Waals surface area contributed by atoms with Gasteiger partial charge in [-0.05, 0) is 56.3 Å². The average molecular weight is 266 g/mol. The summed E-state index contributed by atoms with van der Waals surface area (Å²) in [4.78, 5) is 13.7. The average Bonchev–Trinajstić information content (AvgIpc) is 3.01. The third-order valence-corrected chi connectivity index (χ3v) is 5.36. The van der Waals surface area contributed by atoms with Crippen LogP contribution >= 0.6 is 0 Å². The largest absolute Gasteiger partial charge is 0.391 e. The van der Waals surface area contributed by atoms with Gasteiger partial charge in [0.25, 0.3) is 0 Å². The molecule has 108 valence electrons. The molecule has 1 saturated heterocycles. The van der Waals surface area contributed by atoms with Gasteiger partial charge in [-0.2, -0.15) is 0 Å². The van der Waals surface area contributed by atoms with Crippen molar-refractivity contribution in [2.75, 3.05) is 19.6 Å². The maximum atomic E-state index is 12.0. The van der Waals surface area contributed by atoms with E-state index in [1.54, 1.807) is 4.90 Å².